The first-order valence-corrected chi connectivity index (χ1v) is 9.40. The number of halogens is 1. The summed E-state index contributed by atoms with van der Waals surface area (Å²) in [6.45, 7) is 1.92. The fraction of sp³-hybridized carbons (Fsp3) is 0.120. The zero-order valence-electron chi connectivity index (χ0n) is 16.8. The van der Waals surface area contributed by atoms with Crippen molar-refractivity contribution in [2.75, 3.05) is 12.4 Å². The summed E-state index contributed by atoms with van der Waals surface area (Å²) in [6, 6.07) is 21.2. The third-order valence-corrected chi connectivity index (χ3v) is 4.60. The minimum absolute atomic E-state index is 0.0274. The Labute approximate surface area is 175 Å². The molecule has 150 valence electrons. The number of nitrogens with zero attached hydrogens (tertiary/aromatic N) is 1. The maximum absolute atomic E-state index is 14.0. The van der Waals surface area contributed by atoms with E-state index in [9.17, 15) is 14.4 Å². The molecule has 4 nitrogen and oxygen atoms in total. The van der Waals surface area contributed by atoms with Crippen molar-refractivity contribution in [2.45, 2.75) is 13.3 Å². The average Bonchev–Trinajstić information content (AvgIpc) is 2.74. The third kappa shape index (κ3) is 5.12. The second-order valence-electron chi connectivity index (χ2n) is 6.83. The van der Waals surface area contributed by atoms with Gasteiger partial charge in [0.05, 0.1) is 7.11 Å². The van der Waals surface area contributed by atoms with Crippen molar-refractivity contribution < 1.29 is 13.9 Å². The Balaban J connectivity index is 1.83. The molecule has 1 amide bonds. The Morgan fingerprint density at radius 2 is 1.90 bits per heavy atom. The molecule has 0 saturated carbocycles. The molecular formula is C25H21FN2O2. The topological polar surface area (TPSA) is 62.1 Å². The van der Waals surface area contributed by atoms with E-state index in [2.05, 4.69) is 5.32 Å². The van der Waals surface area contributed by atoms with Crippen molar-refractivity contribution in [3.05, 3.63) is 100 Å². The molecule has 0 aliphatic heterocycles. The van der Waals surface area contributed by atoms with Gasteiger partial charge in [-0.05, 0) is 59.5 Å². The lowest BCUT2D eigenvalue weighted by Gasteiger charge is -2.11. The quantitative estimate of drug-likeness (QED) is 0.452. The highest BCUT2D eigenvalue weighted by molar-refractivity contribution is 6.09. The van der Waals surface area contributed by atoms with Gasteiger partial charge < -0.3 is 10.1 Å². The van der Waals surface area contributed by atoms with E-state index >= 15 is 0 Å². The summed E-state index contributed by atoms with van der Waals surface area (Å²) >= 11 is 0. The average molecular weight is 400 g/mol. The number of carbonyl (C=O) groups excluding carboxylic acids is 1. The molecule has 30 heavy (non-hydrogen) atoms. The molecule has 0 bridgehead atoms. The van der Waals surface area contributed by atoms with Gasteiger partial charge in [0, 0.05) is 12.1 Å². The summed E-state index contributed by atoms with van der Waals surface area (Å²) in [7, 11) is 1.53. The largest absolute Gasteiger partial charge is 0.496 e. The molecule has 3 aromatic carbocycles. The molecule has 0 spiro atoms. The van der Waals surface area contributed by atoms with Crippen molar-refractivity contribution in [3.8, 4) is 11.8 Å². The van der Waals surface area contributed by atoms with E-state index in [1.165, 1.54) is 19.3 Å². The lowest BCUT2D eigenvalue weighted by molar-refractivity contribution is -0.112. The van der Waals surface area contributed by atoms with Crippen LogP contribution in [0.5, 0.6) is 5.75 Å². The molecule has 0 unspecified atom stereocenters. The van der Waals surface area contributed by atoms with Gasteiger partial charge >= 0.3 is 0 Å². The van der Waals surface area contributed by atoms with Crippen LogP contribution >= 0.6 is 0 Å². The predicted molar refractivity (Wildman–Crippen MR) is 116 cm³/mol. The summed E-state index contributed by atoms with van der Waals surface area (Å²) in [5, 5.41) is 12.2. The zero-order chi connectivity index (χ0) is 21.5. The molecule has 5 heteroatoms. The highest BCUT2D eigenvalue weighted by Gasteiger charge is 2.12. The second kappa shape index (κ2) is 9.53. The van der Waals surface area contributed by atoms with Gasteiger partial charge in [0.1, 0.15) is 23.2 Å². The third-order valence-electron chi connectivity index (χ3n) is 4.60. The van der Waals surface area contributed by atoms with Crippen molar-refractivity contribution in [1.82, 2.24) is 0 Å². The van der Waals surface area contributed by atoms with Crippen molar-refractivity contribution >= 4 is 17.7 Å². The van der Waals surface area contributed by atoms with Gasteiger partial charge in [0.25, 0.3) is 5.91 Å². The second-order valence-corrected chi connectivity index (χ2v) is 6.83. The normalized spacial score (nSPS) is 10.9. The van der Waals surface area contributed by atoms with Gasteiger partial charge in [-0.3, -0.25) is 4.79 Å². The fourth-order valence-electron chi connectivity index (χ4n) is 3.08. The van der Waals surface area contributed by atoms with Crippen molar-refractivity contribution in [2.24, 2.45) is 0 Å². The lowest BCUT2D eigenvalue weighted by Crippen LogP contribution is -2.13. The van der Waals surface area contributed by atoms with Gasteiger partial charge in [0.2, 0.25) is 0 Å². The summed E-state index contributed by atoms with van der Waals surface area (Å²) < 4.78 is 19.4. The molecule has 0 aromatic heterocycles. The molecular weight excluding hydrogens is 379 g/mol. The summed E-state index contributed by atoms with van der Waals surface area (Å²) in [4.78, 5) is 12.5. The standard InChI is InChI=1S/C25H21FN2O2/c1-17-6-5-8-22(12-17)28-25(29)21(16-27)13-18-10-11-20(24(14-18)30-2)15-19-7-3-4-9-23(19)26/h3-14H,15H2,1-2H3,(H,28,29)/b21-13+. The van der Waals surface area contributed by atoms with Crippen LogP contribution in [-0.4, -0.2) is 13.0 Å². The SMILES string of the molecule is COc1cc(/C=C(\C#N)C(=O)Nc2cccc(C)c2)ccc1Cc1ccccc1F. The van der Waals surface area contributed by atoms with E-state index in [1.54, 1.807) is 36.4 Å². The van der Waals surface area contributed by atoms with Crippen LogP contribution in [0.25, 0.3) is 6.08 Å². The maximum atomic E-state index is 14.0. The van der Waals surface area contributed by atoms with E-state index in [-0.39, 0.29) is 11.4 Å². The van der Waals surface area contributed by atoms with Gasteiger partial charge in [-0.1, -0.05) is 42.5 Å². The smallest absolute Gasteiger partial charge is 0.266 e. The first-order valence-electron chi connectivity index (χ1n) is 9.40. The highest BCUT2D eigenvalue weighted by atomic mass is 19.1. The molecule has 0 aliphatic rings. The Hall–Kier alpha value is -3.91. The highest BCUT2D eigenvalue weighted by Crippen LogP contribution is 2.25. The molecule has 0 radical (unpaired) electrons. The minimum Gasteiger partial charge on any atom is -0.496 e. The fourth-order valence-corrected chi connectivity index (χ4v) is 3.08. The molecule has 0 atom stereocenters. The maximum Gasteiger partial charge on any atom is 0.266 e. The van der Waals surface area contributed by atoms with Crippen LogP contribution in [0.1, 0.15) is 22.3 Å². The Morgan fingerprint density at radius 3 is 2.60 bits per heavy atom. The molecule has 0 saturated heterocycles. The number of nitriles is 1. The number of hydrogen-bond donors (Lipinski definition) is 1. The van der Waals surface area contributed by atoms with Crippen LogP contribution in [0, 0.1) is 24.1 Å². The number of methoxy groups -OCH3 is 1. The number of benzene rings is 3. The van der Waals surface area contributed by atoms with E-state index in [4.69, 9.17) is 4.74 Å². The number of ether oxygens (including phenoxy) is 1. The number of hydrogen-bond acceptors (Lipinski definition) is 3. The number of carbonyl (C=O) groups is 1. The van der Waals surface area contributed by atoms with Gasteiger partial charge in [-0.15, -0.1) is 0 Å². The number of amides is 1. The van der Waals surface area contributed by atoms with Crippen LogP contribution < -0.4 is 10.1 Å². The zero-order valence-corrected chi connectivity index (χ0v) is 16.8. The first-order chi connectivity index (χ1) is 14.5. The Bertz CT molecular complexity index is 1150. The van der Waals surface area contributed by atoms with E-state index in [1.807, 2.05) is 37.3 Å². The molecule has 1 N–H and O–H groups in total. The number of aryl methyl sites for hydroxylation is 1. The molecule has 3 aromatic rings. The van der Waals surface area contributed by atoms with E-state index < -0.39 is 5.91 Å². The summed E-state index contributed by atoms with van der Waals surface area (Å²) in [6.07, 6.45) is 1.87. The first kappa shape index (κ1) is 20.8. The van der Waals surface area contributed by atoms with E-state index in [0.29, 0.717) is 29.0 Å². The van der Waals surface area contributed by atoms with Crippen LogP contribution in [0.3, 0.4) is 0 Å². The van der Waals surface area contributed by atoms with Crippen LogP contribution in [0.2, 0.25) is 0 Å². The van der Waals surface area contributed by atoms with Gasteiger partial charge in [-0.2, -0.15) is 5.26 Å². The Kier molecular flexibility index (Phi) is 6.61. The van der Waals surface area contributed by atoms with Gasteiger partial charge in [0.15, 0.2) is 0 Å². The van der Waals surface area contributed by atoms with Crippen molar-refractivity contribution in [3.63, 3.8) is 0 Å². The molecule has 0 aliphatic carbocycles. The molecule has 0 fully saturated rings. The Morgan fingerprint density at radius 1 is 1.10 bits per heavy atom. The number of rotatable bonds is 6. The van der Waals surface area contributed by atoms with Crippen LogP contribution in [0.4, 0.5) is 10.1 Å². The summed E-state index contributed by atoms with van der Waals surface area (Å²) in [5.41, 5.74) is 3.61. The molecule has 3 rings (SSSR count). The number of anilines is 1. The van der Waals surface area contributed by atoms with Gasteiger partial charge in [-0.25, -0.2) is 4.39 Å². The van der Waals surface area contributed by atoms with Crippen molar-refractivity contribution in [1.29, 1.82) is 5.26 Å². The molecule has 0 heterocycles. The lowest BCUT2D eigenvalue weighted by atomic mass is 10.0. The summed E-state index contributed by atoms with van der Waals surface area (Å²) in [5.74, 6) is -0.205. The predicted octanol–water partition coefficient (Wildman–Crippen LogP) is 5.28. The van der Waals surface area contributed by atoms with Crippen LogP contribution in [0.15, 0.2) is 72.3 Å². The van der Waals surface area contributed by atoms with Crippen LogP contribution in [-0.2, 0) is 11.2 Å². The monoisotopic (exact) mass is 400 g/mol. The van der Waals surface area contributed by atoms with E-state index in [0.717, 1.165) is 11.1 Å². The number of nitrogens with one attached hydrogen (secondary N) is 1. The minimum atomic E-state index is -0.488.